The fourth-order valence-corrected chi connectivity index (χ4v) is 15.2. The topological polar surface area (TPSA) is 237 Å². The summed E-state index contributed by atoms with van der Waals surface area (Å²) in [5.74, 6) is -0.581. The number of hydrogen-bond acceptors (Lipinski definition) is 15. The first-order valence-electron chi connectivity index (χ1n) is 45.0. The molecule has 3 N–H and O–H groups in total. The summed E-state index contributed by atoms with van der Waals surface area (Å²) in [6, 6.07) is 0. The van der Waals surface area contributed by atoms with Gasteiger partial charge in [0.2, 0.25) is 0 Å². The number of aliphatic hydroxyl groups excluding tert-OH is 1. The minimum atomic E-state index is -4.97. The summed E-state index contributed by atoms with van der Waals surface area (Å²) < 4.78 is 69.0. The zero-order valence-corrected chi connectivity index (χ0v) is 71.5. The lowest BCUT2D eigenvalue weighted by Gasteiger charge is -2.21. The maximum Gasteiger partial charge on any atom is 0.472 e. The van der Waals surface area contributed by atoms with Crippen LogP contribution >= 0.6 is 15.6 Å². The van der Waals surface area contributed by atoms with Crippen LogP contribution in [0.5, 0.6) is 0 Å². The third-order valence-corrected chi connectivity index (χ3v) is 22.4. The second-order valence-electron chi connectivity index (χ2n) is 32.2. The first-order chi connectivity index (χ1) is 51.4. The number of hydrogen-bond donors (Lipinski definition) is 3. The van der Waals surface area contributed by atoms with Crippen LogP contribution in [-0.2, 0) is 65.4 Å². The molecule has 19 heteroatoms. The van der Waals surface area contributed by atoms with E-state index in [2.05, 4.69) is 41.5 Å². The fourth-order valence-electron chi connectivity index (χ4n) is 13.6. The van der Waals surface area contributed by atoms with Crippen LogP contribution in [0.25, 0.3) is 0 Å². The molecule has 0 aliphatic rings. The smallest absolute Gasteiger partial charge is 0.462 e. The normalized spacial score (nSPS) is 13.8. The van der Waals surface area contributed by atoms with Crippen LogP contribution in [0.1, 0.15) is 465 Å². The summed E-state index contributed by atoms with van der Waals surface area (Å²) in [6.45, 7) is 9.67. The van der Waals surface area contributed by atoms with Crippen molar-refractivity contribution in [1.82, 2.24) is 0 Å². The highest BCUT2D eigenvalue weighted by atomic mass is 31.2. The van der Waals surface area contributed by atoms with Gasteiger partial charge in [0.25, 0.3) is 0 Å². The Morgan fingerprint density at radius 3 is 0.642 bits per heavy atom. The molecule has 0 amide bonds. The maximum atomic E-state index is 13.2. The molecule has 0 saturated heterocycles. The number of phosphoric ester groups is 2. The first kappa shape index (κ1) is 104. The van der Waals surface area contributed by atoms with Crippen molar-refractivity contribution in [3.63, 3.8) is 0 Å². The Hall–Kier alpha value is -1.94. The largest absolute Gasteiger partial charge is 0.472 e. The van der Waals surface area contributed by atoms with Crippen LogP contribution in [0.3, 0.4) is 0 Å². The molecular formula is C87H170O17P2. The lowest BCUT2D eigenvalue weighted by atomic mass is 10.0. The predicted molar refractivity (Wildman–Crippen MR) is 437 cm³/mol. The van der Waals surface area contributed by atoms with Gasteiger partial charge in [-0.1, -0.05) is 414 Å². The molecule has 17 nitrogen and oxygen atoms in total. The van der Waals surface area contributed by atoms with Crippen molar-refractivity contribution >= 4 is 39.5 Å². The average Bonchev–Trinajstić information content (AvgIpc) is 0.900. The van der Waals surface area contributed by atoms with E-state index in [1.165, 1.54) is 283 Å². The summed E-state index contributed by atoms with van der Waals surface area (Å²) in [6.07, 6.45) is 70.9. The lowest BCUT2D eigenvalue weighted by molar-refractivity contribution is -0.161. The summed E-state index contributed by atoms with van der Waals surface area (Å²) in [7, 11) is -9.93. The number of aliphatic hydroxyl groups is 1. The van der Waals surface area contributed by atoms with E-state index in [0.717, 1.165) is 102 Å². The van der Waals surface area contributed by atoms with E-state index >= 15 is 0 Å². The predicted octanol–water partition coefficient (Wildman–Crippen LogP) is 26.6. The highest BCUT2D eigenvalue weighted by molar-refractivity contribution is 7.47. The van der Waals surface area contributed by atoms with Crippen molar-refractivity contribution < 1.29 is 80.2 Å². The van der Waals surface area contributed by atoms with Crippen LogP contribution in [0, 0.1) is 11.8 Å². The third-order valence-electron chi connectivity index (χ3n) is 20.5. The Labute approximate surface area is 651 Å². The second-order valence-corrected chi connectivity index (χ2v) is 35.1. The van der Waals surface area contributed by atoms with Gasteiger partial charge < -0.3 is 33.8 Å². The first-order valence-corrected chi connectivity index (χ1v) is 48.0. The Kier molecular flexibility index (Phi) is 76.9. The molecule has 0 fully saturated rings. The molecule has 630 valence electrons. The molecule has 0 aromatic carbocycles. The number of phosphoric acid groups is 2. The van der Waals surface area contributed by atoms with E-state index in [9.17, 15) is 43.2 Å². The van der Waals surface area contributed by atoms with E-state index < -0.39 is 97.5 Å². The molecule has 0 bridgehead atoms. The van der Waals surface area contributed by atoms with Crippen LogP contribution in [-0.4, -0.2) is 96.7 Å². The molecular weight excluding hydrogens is 1380 g/mol. The highest BCUT2D eigenvalue weighted by Crippen LogP contribution is 2.45. The van der Waals surface area contributed by atoms with Gasteiger partial charge in [0.15, 0.2) is 12.2 Å². The summed E-state index contributed by atoms with van der Waals surface area (Å²) >= 11 is 0. The van der Waals surface area contributed by atoms with Crippen molar-refractivity contribution in [3.05, 3.63) is 0 Å². The van der Waals surface area contributed by atoms with Crippen molar-refractivity contribution in [1.29, 1.82) is 0 Å². The van der Waals surface area contributed by atoms with E-state index in [1.807, 2.05) is 0 Å². The van der Waals surface area contributed by atoms with Gasteiger partial charge in [-0.25, -0.2) is 9.13 Å². The maximum absolute atomic E-state index is 13.2. The van der Waals surface area contributed by atoms with Crippen LogP contribution in [0.4, 0.5) is 0 Å². The molecule has 0 aromatic rings. The molecule has 5 atom stereocenters. The SMILES string of the molecule is CCCCCCCCCCCCCCCCCCCCCCC(=O)O[C@H](COC(=O)CCCCCCCCCCCCCCCCCCCCC)COP(=O)(O)OC[C@@H](O)COP(=O)(O)OC[C@@H](COC(=O)CCCCCCCCCCCC(C)C)OC(=O)CCCCCCCCCCCCCCC(C)C. The van der Waals surface area contributed by atoms with Gasteiger partial charge in [-0.15, -0.1) is 0 Å². The number of esters is 4. The second kappa shape index (κ2) is 78.3. The van der Waals surface area contributed by atoms with Crippen LogP contribution < -0.4 is 0 Å². The standard InChI is InChI=1S/C87H170O17P2/c1-7-9-11-13-15-17-19-21-23-25-27-29-31-33-35-40-46-53-59-65-71-86(91)103-82(75-97-84(89)69-63-57-51-45-39-34-32-30-28-26-24-22-20-18-16-14-12-10-8-2)77-101-105(93,94)99-73-81(88)74-100-106(95,96)102-78-83(76-98-85(90)70-64-58-52-48-42-44-50-56-62-68-80(5)6)104-87(92)72-66-60-54-47-41-37-36-38-43-49-55-61-67-79(3)4/h79-83,88H,7-78H2,1-6H3,(H,93,94)(H,95,96)/t81-,82-,83-/m1/s1. The summed E-state index contributed by atoms with van der Waals surface area (Å²) in [4.78, 5) is 73.3. The highest BCUT2D eigenvalue weighted by Gasteiger charge is 2.30. The zero-order chi connectivity index (χ0) is 77.8. The molecule has 2 unspecified atom stereocenters. The molecule has 0 aliphatic carbocycles. The molecule has 0 radical (unpaired) electrons. The molecule has 0 rings (SSSR count). The van der Waals surface area contributed by atoms with Crippen molar-refractivity contribution in [2.24, 2.45) is 11.8 Å². The van der Waals surface area contributed by atoms with Gasteiger partial charge in [0.1, 0.15) is 19.3 Å². The molecule has 0 aromatic heterocycles. The van der Waals surface area contributed by atoms with Gasteiger partial charge in [-0.2, -0.15) is 0 Å². The summed E-state index contributed by atoms with van der Waals surface area (Å²) in [5, 5.41) is 10.7. The Balaban J connectivity index is 5.25. The van der Waals surface area contributed by atoms with Gasteiger partial charge >= 0.3 is 39.5 Å². The number of ether oxygens (including phenoxy) is 4. The average molecular weight is 1550 g/mol. The minimum absolute atomic E-state index is 0.107. The van der Waals surface area contributed by atoms with Gasteiger partial charge in [-0.05, 0) is 37.5 Å². The Morgan fingerprint density at radius 1 is 0.255 bits per heavy atom. The fraction of sp³-hybridized carbons (Fsp3) is 0.954. The quantitative estimate of drug-likeness (QED) is 0.0222. The monoisotopic (exact) mass is 1550 g/mol. The molecule has 0 heterocycles. The molecule has 106 heavy (non-hydrogen) atoms. The van der Waals surface area contributed by atoms with Gasteiger partial charge in [-0.3, -0.25) is 37.3 Å². The molecule has 0 aliphatic heterocycles. The van der Waals surface area contributed by atoms with Crippen molar-refractivity contribution in [3.8, 4) is 0 Å². The third kappa shape index (κ3) is 80.1. The lowest BCUT2D eigenvalue weighted by Crippen LogP contribution is -2.30. The van der Waals surface area contributed by atoms with E-state index in [4.69, 9.17) is 37.0 Å². The van der Waals surface area contributed by atoms with Gasteiger partial charge in [0, 0.05) is 25.7 Å². The number of rotatable bonds is 86. The van der Waals surface area contributed by atoms with Crippen LogP contribution in [0.2, 0.25) is 0 Å². The zero-order valence-electron chi connectivity index (χ0n) is 69.7. The minimum Gasteiger partial charge on any atom is -0.462 e. The van der Waals surface area contributed by atoms with Crippen molar-refractivity contribution in [2.75, 3.05) is 39.6 Å². The Bertz CT molecular complexity index is 2030. The number of carbonyl (C=O) groups excluding carboxylic acids is 4. The van der Waals surface area contributed by atoms with Crippen LogP contribution in [0.15, 0.2) is 0 Å². The van der Waals surface area contributed by atoms with Crippen molar-refractivity contribution in [2.45, 2.75) is 484 Å². The van der Waals surface area contributed by atoms with E-state index in [-0.39, 0.29) is 25.7 Å². The molecule has 0 saturated carbocycles. The Morgan fingerprint density at radius 2 is 0.434 bits per heavy atom. The van der Waals surface area contributed by atoms with E-state index in [1.54, 1.807) is 0 Å². The number of unbranched alkanes of at least 4 members (excludes halogenated alkanes) is 56. The number of carbonyl (C=O) groups is 4. The molecule has 0 spiro atoms. The summed E-state index contributed by atoms with van der Waals surface area (Å²) in [5.41, 5.74) is 0. The van der Waals surface area contributed by atoms with E-state index in [0.29, 0.717) is 25.7 Å². The van der Waals surface area contributed by atoms with Gasteiger partial charge in [0.05, 0.1) is 26.4 Å².